The van der Waals surface area contributed by atoms with E-state index in [1.54, 1.807) is 0 Å². The van der Waals surface area contributed by atoms with Crippen LogP contribution in [0.5, 0.6) is 5.88 Å². The van der Waals surface area contributed by atoms with Crippen LogP contribution in [0.15, 0.2) is 0 Å². The molecule has 0 unspecified atom stereocenters. The van der Waals surface area contributed by atoms with E-state index in [4.69, 9.17) is 4.74 Å². The third kappa shape index (κ3) is 1.39. The first-order valence-corrected chi connectivity index (χ1v) is 3.62. The van der Waals surface area contributed by atoms with Gasteiger partial charge in [0.25, 0.3) is 11.8 Å². The van der Waals surface area contributed by atoms with E-state index in [2.05, 4.69) is 10.3 Å². The Hall–Kier alpha value is -1.13. The summed E-state index contributed by atoms with van der Waals surface area (Å²) >= 11 is 0. The Morgan fingerprint density at radius 2 is 2.00 bits per heavy atom. The summed E-state index contributed by atoms with van der Waals surface area (Å²) in [5.41, 5.74) is -0.317. The first-order valence-electron chi connectivity index (χ1n) is 3.62. The van der Waals surface area contributed by atoms with Crippen molar-refractivity contribution in [1.82, 2.24) is 15.0 Å². The van der Waals surface area contributed by atoms with Crippen molar-refractivity contribution in [1.29, 1.82) is 0 Å². The van der Waals surface area contributed by atoms with Gasteiger partial charge >= 0.3 is 0 Å². The molecular formula is C7H12FN3O. The fourth-order valence-corrected chi connectivity index (χ4v) is 0.864. The average Bonchev–Trinajstić information content (AvgIpc) is 2.29. The van der Waals surface area contributed by atoms with Crippen LogP contribution in [-0.2, 0) is 5.54 Å². The highest BCUT2D eigenvalue weighted by molar-refractivity contribution is 5.07. The van der Waals surface area contributed by atoms with Crippen molar-refractivity contribution < 1.29 is 9.13 Å². The van der Waals surface area contributed by atoms with Gasteiger partial charge in [0, 0.05) is 0 Å². The number of methoxy groups -OCH3 is 1. The standard InChI is InChI=1S/C7H12FN3O/c1-7(2,3)11-6(12-4)5(8)9-10-11/h1-4H3. The summed E-state index contributed by atoms with van der Waals surface area (Å²) in [6.07, 6.45) is 0. The van der Waals surface area contributed by atoms with E-state index in [0.29, 0.717) is 0 Å². The molecule has 1 aromatic heterocycles. The lowest BCUT2D eigenvalue weighted by atomic mass is 10.1. The molecule has 5 heteroatoms. The summed E-state index contributed by atoms with van der Waals surface area (Å²) < 4.78 is 19.0. The third-order valence-electron chi connectivity index (χ3n) is 1.42. The maximum absolute atomic E-state index is 12.8. The van der Waals surface area contributed by atoms with E-state index in [1.165, 1.54) is 11.8 Å². The summed E-state index contributed by atoms with van der Waals surface area (Å²) in [7, 11) is 1.39. The Kier molecular flexibility index (Phi) is 2.04. The molecule has 0 saturated carbocycles. The molecule has 12 heavy (non-hydrogen) atoms. The van der Waals surface area contributed by atoms with Gasteiger partial charge in [-0.15, -0.1) is 0 Å². The molecule has 1 heterocycles. The predicted molar refractivity (Wildman–Crippen MR) is 41.5 cm³/mol. The smallest absolute Gasteiger partial charge is 0.296 e. The molecule has 0 bridgehead atoms. The van der Waals surface area contributed by atoms with Gasteiger partial charge in [-0.25, -0.2) is 4.68 Å². The first-order chi connectivity index (χ1) is 5.46. The van der Waals surface area contributed by atoms with Gasteiger partial charge in [-0.05, 0) is 20.8 Å². The lowest BCUT2D eigenvalue weighted by Gasteiger charge is -2.19. The molecule has 68 valence electrons. The number of aromatic nitrogens is 3. The van der Waals surface area contributed by atoms with Gasteiger partial charge in [0.15, 0.2) is 0 Å². The van der Waals surface area contributed by atoms with Crippen molar-refractivity contribution in [3.63, 3.8) is 0 Å². The number of halogens is 1. The second-order valence-corrected chi connectivity index (χ2v) is 3.47. The van der Waals surface area contributed by atoms with Crippen LogP contribution in [0.4, 0.5) is 4.39 Å². The van der Waals surface area contributed by atoms with Gasteiger partial charge in [-0.3, -0.25) is 0 Å². The molecule has 0 aliphatic heterocycles. The molecule has 1 rings (SSSR count). The minimum atomic E-state index is -0.674. The third-order valence-corrected chi connectivity index (χ3v) is 1.42. The van der Waals surface area contributed by atoms with E-state index in [0.717, 1.165) is 0 Å². The molecule has 4 nitrogen and oxygen atoms in total. The zero-order valence-electron chi connectivity index (χ0n) is 7.63. The van der Waals surface area contributed by atoms with Crippen molar-refractivity contribution in [3.8, 4) is 5.88 Å². The molecule has 0 amide bonds. The number of ether oxygens (including phenoxy) is 1. The predicted octanol–water partition coefficient (Wildman–Crippen LogP) is 1.18. The lowest BCUT2D eigenvalue weighted by molar-refractivity contribution is 0.272. The lowest BCUT2D eigenvalue weighted by Crippen LogP contribution is -2.23. The molecule has 0 atom stereocenters. The molecule has 0 saturated heterocycles. The topological polar surface area (TPSA) is 39.9 Å². The Balaban J connectivity index is 3.16. The summed E-state index contributed by atoms with van der Waals surface area (Å²) in [6.45, 7) is 5.68. The van der Waals surface area contributed by atoms with E-state index >= 15 is 0 Å². The van der Waals surface area contributed by atoms with Crippen molar-refractivity contribution in [2.45, 2.75) is 26.3 Å². The fraction of sp³-hybridized carbons (Fsp3) is 0.714. The Morgan fingerprint density at radius 3 is 2.33 bits per heavy atom. The molecular weight excluding hydrogens is 161 g/mol. The van der Waals surface area contributed by atoms with E-state index in [-0.39, 0.29) is 11.4 Å². The van der Waals surface area contributed by atoms with Gasteiger partial charge in [0.2, 0.25) is 0 Å². The zero-order chi connectivity index (χ0) is 9.35. The Bertz CT molecular complexity index is 277. The maximum Gasteiger partial charge on any atom is 0.296 e. The van der Waals surface area contributed by atoms with Gasteiger partial charge in [-0.1, -0.05) is 10.3 Å². The second kappa shape index (κ2) is 2.73. The SMILES string of the molecule is COc1c(F)nnn1C(C)(C)C. The molecule has 0 fully saturated rings. The minimum Gasteiger partial charge on any atom is -0.478 e. The molecule has 0 radical (unpaired) electrons. The fourth-order valence-electron chi connectivity index (χ4n) is 0.864. The average molecular weight is 173 g/mol. The molecule has 1 aromatic rings. The molecule has 0 aliphatic rings. The Labute approximate surface area is 70.3 Å². The highest BCUT2D eigenvalue weighted by atomic mass is 19.1. The van der Waals surface area contributed by atoms with Crippen molar-refractivity contribution in [2.24, 2.45) is 0 Å². The van der Waals surface area contributed by atoms with E-state index < -0.39 is 5.95 Å². The van der Waals surface area contributed by atoms with E-state index in [1.807, 2.05) is 20.8 Å². The van der Waals surface area contributed by atoms with Crippen LogP contribution in [0.2, 0.25) is 0 Å². The van der Waals surface area contributed by atoms with Crippen LogP contribution in [0.25, 0.3) is 0 Å². The first kappa shape index (κ1) is 8.96. The number of nitrogens with zero attached hydrogens (tertiary/aromatic N) is 3. The van der Waals surface area contributed by atoms with Crippen molar-refractivity contribution in [2.75, 3.05) is 7.11 Å². The molecule has 0 N–H and O–H groups in total. The summed E-state index contributed by atoms with van der Waals surface area (Å²) in [6, 6.07) is 0. The monoisotopic (exact) mass is 173 g/mol. The van der Waals surface area contributed by atoms with Crippen LogP contribution < -0.4 is 4.74 Å². The van der Waals surface area contributed by atoms with Crippen molar-refractivity contribution >= 4 is 0 Å². The largest absolute Gasteiger partial charge is 0.478 e. The van der Waals surface area contributed by atoms with Gasteiger partial charge in [0.1, 0.15) is 0 Å². The molecule has 0 spiro atoms. The van der Waals surface area contributed by atoms with Gasteiger partial charge in [-0.2, -0.15) is 4.39 Å². The van der Waals surface area contributed by atoms with Crippen molar-refractivity contribution in [3.05, 3.63) is 5.95 Å². The van der Waals surface area contributed by atoms with Crippen LogP contribution in [-0.4, -0.2) is 22.1 Å². The number of hydrogen-bond donors (Lipinski definition) is 0. The van der Waals surface area contributed by atoms with E-state index in [9.17, 15) is 4.39 Å². The Morgan fingerprint density at radius 1 is 1.42 bits per heavy atom. The molecule has 0 aromatic carbocycles. The number of rotatable bonds is 1. The van der Waals surface area contributed by atoms with Gasteiger partial charge in [0.05, 0.1) is 12.6 Å². The zero-order valence-corrected chi connectivity index (χ0v) is 7.63. The minimum absolute atomic E-state index is 0.0718. The highest BCUT2D eigenvalue weighted by Gasteiger charge is 2.22. The molecule has 0 aliphatic carbocycles. The second-order valence-electron chi connectivity index (χ2n) is 3.47. The van der Waals surface area contributed by atoms with Crippen LogP contribution in [0.3, 0.4) is 0 Å². The summed E-state index contributed by atoms with van der Waals surface area (Å²) in [5, 5.41) is 6.90. The number of hydrogen-bond acceptors (Lipinski definition) is 3. The highest BCUT2D eigenvalue weighted by Crippen LogP contribution is 2.22. The maximum atomic E-state index is 12.8. The quantitative estimate of drug-likeness (QED) is 0.640. The van der Waals surface area contributed by atoms with Crippen LogP contribution >= 0.6 is 0 Å². The summed E-state index contributed by atoms with van der Waals surface area (Å²) in [5.74, 6) is -0.602. The normalized spacial score (nSPS) is 11.8. The van der Waals surface area contributed by atoms with Crippen LogP contribution in [0, 0.1) is 5.95 Å². The van der Waals surface area contributed by atoms with Crippen LogP contribution in [0.1, 0.15) is 20.8 Å². The summed E-state index contributed by atoms with van der Waals surface area (Å²) in [4.78, 5) is 0. The van der Waals surface area contributed by atoms with Gasteiger partial charge < -0.3 is 4.74 Å².